The normalized spacial score (nSPS) is 11.6. The highest BCUT2D eigenvalue weighted by Crippen LogP contribution is 2.26. The Balaban J connectivity index is 1.40. The largest absolute Gasteiger partial charge is 0.449 e. The van der Waals surface area contributed by atoms with E-state index >= 15 is 0 Å². The SMILES string of the molecule is Cc1ccccc1-c1nnc(-c2ccc(C(=O)OC(C)C(=O)Nc3cccc(Cl)c3)cc2)o1. The highest BCUT2D eigenvalue weighted by molar-refractivity contribution is 6.30. The molecule has 0 radical (unpaired) electrons. The van der Waals surface area contributed by atoms with Crippen molar-refractivity contribution >= 4 is 29.2 Å². The fourth-order valence-corrected chi connectivity index (χ4v) is 3.29. The van der Waals surface area contributed by atoms with E-state index in [2.05, 4.69) is 15.5 Å². The van der Waals surface area contributed by atoms with Crippen LogP contribution in [0.1, 0.15) is 22.8 Å². The molecule has 1 heterocycles. The van der Waals surface area contributed by atoms with Gasteiger partial charge in [0.25, 0.3) is 5.91 Å². The van der Waals surface area contributed by atoms with Gasteiger partial charge in [0, 0.05) is 21.8 Å². The summed E-state index contributed by atoms with van der Waals surface area (Å²) in [5.41, 5.74) is 3.36. The lowest BCUT2D eigenvalue weighted by Gasteiger charge is -2.13. The van der Waals surface area contributed by atoms with Crippen LogP contribution in [0.25, 0.3) is 22.9 Å². The lowest BCUT2D eigenvalue weighted by Crippen LogP contribution is -2.30. The summed E-state index contributed by atoms with van der Waals surface area (Å²) in [5, 5.41) is 11.4. The van der Waals surface area contributed by atoms with E-state index < -0.39 is 18.0 Å². The number of hydrogen-bond donors (Lipinski definition) is 1. The summed E-state index contributed by atoms with van der Waals surface area (Å²) in [6, 6.07) is 21.0. The molecule has 0 fully saturated rings. The van der Waals surface area contributed by atoms with Gasteiger partial charge in [-0.3, -0.25) is 4.79 Å². The summed E-state index contributed by atoms with van der Waals surface area (Å²) in [5.74, 6) is -0.327. The van der Waals surface area contributed by atoms with Crippen LogP contribution in [0.3, 0.4) is 0 Å². The number of aromatic nitrogens is 2. The molecule has 8 heteroatoms. The number of benzene rings is 3. The average Bonchev–Trinajstić information content (AvgIpc) is 3.29. The summed E-state index contributed by atoms with van der Waals surface area (Å²) in [4.78, 5) is 24.8. The van der Waals surface area contributed by atoms with Gasteiger partial charge in [-0.15, -0.1) is 10.2 Å². The Morgan fingerprint density at radius 2 is 1.70 bits per heavy atom. The van der Waals surface area contributed by atoms with Gasteiger partial charge in [0.05, 0.1) is 5.56 Å². The Labute approximate surface area is 195 Å². The third kappa shape index (κ3) is 5.27. The second kappa shape index (κ2) is 9.67. The van der Waals surface area contributed by atoms with Gasteiger partial charge in [0.15, 0.2) is 6.10 Å². The second-order valence-electron chi connectivity index (χ2n) is 7.35. The van der Waals surface area contributed by atoms with E-state index in [1.165, 1.54) is 6.92 Å². The minimum atomic E-state index is -0.997. The number of hydrogen-bond acceptors (Lipinski definition) is 6. The molecule has 166 valence electrons. The zero-order valence-corrected chi connectivity index (χ0v) is 18.7. The smallest absolute Gasteiger partial charge is 0.338 e. The molecule has 7 nitrogen and oxygen atoms in total. The first kappa shape index (κ1) is 22.2. The molecule has 0 spiro atoms. The van der Waals surface area contributed by atoms with Crippen molar-refractivity contribution in [2.75, 3.05) is 5.32 Å². The lowest BCUT2D eigenvalue weighted by molar-refractivity contribution is -0.123. The van der Waals surface area contributed by atoms with Gasteiger partial charge in [-0.1, -0.05) is 35.9 Å². The number of anilines is 1. The van der Waals surface area contributed by atoms with Crippen molar-refractivity contribution in [1.82, 2.24) is 10.2 Å². The van der Waals surface area contributed by atoms with Gasteiger partial charge in [-0.05, 0) is 67.9 Å². The maximum atomic E-state index is 12.5. The molecule has 0 aliphatic heterocycles. The van der Waals surface area contributed by atoms with E-state index in [1.807, 2.05) is 31.2 Å². The molecule has 0 saturated heterocycles. The zero-order valence-electron chi connectivity index (χ0n) is 17.9. The van der Waals surface area contributed by atoms with Crippen LogP contribution < -0.4 is 5.32 Å². The molecule has 1 aromatic heterocycles. The lowest BCUT2D eigenvalue weighted by atomic mass is 10.1. The summed E-state index contributed by atoms with van der Waals surface area (Å²) in [6.07, 6.45) is -0.997. The van der Waals surface area contributed by atoms with Crippen LogP contribution in [0, 0.1) is 6.92 Å². The minimum absolute atomic E-state index is 0.291. The first-order valence-corrected chi connectivity index (χ1v) is 10.6. The van der Waals surface area contributed by atoms with Crippen molar-refractivity contribution in [2.24, 2.45) is 0 Å². The zero-order chi connectivity index (χ0) is 23.4. The summed E-state index contributed by atoms with van der Waals surface area (Å²) < 4.78 is 11.1. The number of amides is 1. The molecule has 1 atom stereocenters. The summed E-state index contributed by atoms with van der Waals surface area (Å²) in [6.45, 7) is 3.47. The van der Waals surface area contributed by atoms with E-state index in [4.69, 9.17) is 20.8 Å². The standard InChI is InChI=1S/C25H20ClN3O4/c1-15-6-3-4-9-21(15)24-29-28-23(33-24)17-10-12-18(13-11-17)25(31)32-16(2)22(30)27-20-8-5-7-19(26)14-20/h3-14,16H,1-2H3,(H,27,30). The van der Waals surface area contributed by atoms with Crippen molar-refractivity contribution in [3.63, 3.8) is 0 Å². The fraction of sp³-hybridized carbons (Fsp3) is 0.120. The van der Waals surface area contributed by atoms with Crippen LogP contribution >= 0.6 is 11.6 Å². The van der Waals surface area contributed by atoms with Crippen molar-refractivity contribution in [3.8, 4) is 22.9 Å². The molecule has 1 amide bonds. The third-order valence-corrected chi connectivity index (χ3v) is 5.15. The number of ether oxygens (including phenoxy) is 1. The number of nitrogens with zero attached hydrogens (tertiary/aromatic N) is 2. The van der Waals surface area contributed by atoms with Gasteiger partial charge in [0.1, 0.15) is 0 Å². The maximum Gasteiger partial charge on any atom is 0.338 e. The van der Waals surface area contributed by atoms with Gasteiger partial charge in [0.2, 0.25) is 11.8 Å². The van der Waals surface area contributed by atoms with E-state index in [9.17, 15) is 9.59 Å². The van der Waals surface area contributed by atoms with Crippen LogP contribution in [-0.4, -0.2) is 28.2 Å². The Morgan fingerprint density at radius 3 is 2.42 bits per heavy atom. The minimum Gasteiger partial charge on any atom is -0.449 e. The molecule has 33 heavy (non-hydrogen) atoms. The highest BCUT2D eigenvalue weighted by Gasteiger charge is 2.20. The molecule has 4 rings (SSSR count). The number of esters is 1. The number of halogens is 1. The molecular weight excluding hydrogens is 442 g/mol. The number of aryl methyl sites for hydroxylation is 1. The van der Waals surface area contributed by atoms with Crippen LogP contribution in [0.5, 0.6) is 0 Å². The first-order chi connectivity index (χ1) is 15.9. The average molecular weight is 462 g/mol. The third-order valence-electron chi connectivity index (χ3n) is 4.91. The molecule has 3 aromatic carbocycles. The Kier molecular flexibility index (Phi) is 6.51. The Morgan fingerprint density at radius 1 is 0.970 bits per heavy atom. The van der Waals surface area contributed by atoms with Crippen LogP contribution in [0.15, 0.2) is 77.2 Å². The maximum absolute atomic E-state index is 12.5. The van der Waals surface area contributed by atoms with Crippen molar-refractivity contribution in [3.05, 3.63) is 88.9 Å². The van der Waals surface area contributed by atoms with Crippen molar-refractivity contribution < 1.29 is 18.7 Å². The van der Waals surface area contributed by atoms with Crippen LogP contribution in [-0.2, 0) is 9.53 Å². The molecule has 4 aromatic rings. The molecule has 0 saturated carbocycles. The number of carbonyl (C=O) groups is 2. The van der Waals surface area contributed by atoms with Gasteiger partial charge < -0.3 is 14.5 Å². The van der Waals surface area contributed by atoms with Crippen molar-refractivity contribution in [2.45, 2.75) is 20.0 Å². The van der Waals surface area contributed by atoms with Crippen LogP contribution in [0.2, 0.25) is 5.02 Å². The van der Waals surface area contributed by atoms with E-state index in [0.29, 0.717) is 33.6 Å². The predicted octanol–water partition coefficient (Wildman–Crippen LogP) is 5.55. The van der Waals surface area contributed by atoms with Gasteiger partial charge in [-0.2, -0.15) is 0 Å². The monoisotopic (exact) mass is 461 g/mol. The van der Waals surface area contributed by atoms with Crippen molar-refractivity contribution in [1.29, 1.82) is 0 Å². The van der Waals surface area contributed by atoms with E-state index in [-0.39, 0.29) is 0 Å². The molecule has 0 bridgehead atoms. The summed E-state index contributed by atoms with van der Waals surface area (Å²) >= 11 is 5.92. The number of nitrogens with one attached hydrogen (secondary N) is 1. The van der Waals surface area contributed by atoms with E-state index in [1.54, 1.807) is 48.5 Å². The topological polar surface area (TPSA) is 94.3 Å². The Hall–Kier alpha value is -3.97. The molecular formula is C25H20ClN3O4. The van der Waals surface area contributed by atoms with E-state index in [0.717, 1.165) is 11.1 Å². The van der Waals surface area contributed by atoms with Gasteiger partial charge in [-0.25, -0.2) is 4.79 Å². The highest BCUT2D eigenvalue weighted by atomic mass is 35.5. The first-order valence-electron chi connectivity index (χ1n) is 10.2. The molecule has 1 unspecified atom stereocenters. The van der Waals surface area contributed by atoms with Crippen LogP contribution in [0.4, 0.5) is 5.69 Å². The Bertz CT molecular complexity index is 1300. The fourth-order valence-electron chi connectivity index (χ4n) is 3.10. The number of carbonyl (C=O) groups excluding carboxylic acids is 2. The number of rotatable bonds is 6. The predicted molar refractivity (Wildman–Crippen MR) is 125 cm³/mol. The summed E-state index contributed by atoms with van der Waals surface area (Å²) in [7, 11) is 0. The molecule has 1 N–H and O–H groups in total. The molecule has 0 aliphatic rings. The van der Waals surface area contributed by atoms with Gasteiger partial charge >= 0.3 is 5.97 Å². The molecule has 0 aliphatic carbocycles. The quantitative estimate of drug-likeness (QED) is 0.378. The second-order valence-corrected chi connectivity index (χ2v) is 7.79.